The molecule has 0 amide bonds. The summed E-state index contributed by atoms with van der Waals surface area (Å²) >= 11 is 0. The number of hydrogen-bond donors (Lipinski definition) is 2. The Morgan fingerprint density at radius 3 is 2.00 bits per heavy atom. The van der Waals surface area contributed by atoms with Crippen molar-refractivity contribution in [3.8, 4) is 0 Å². The Bertz CT molecular complexity index is 193. The molecule has 4 nitrogen and oxygen atoms in total. The molecule has 0 aromatic carbocycles. The summed E-state index contributed by atoms with van der Waals surface area (Å²) in [6, 6.07) is 0. The van der Waals surface area contributed by atoms with Crippen LogP contribution in [0.3, 0.4) is 0 Å². The van der Waals surface area contributed by atoms with E-state index in [4.69, 9.17) is 4.55 Å². The van der Waals surface area contributed by atoms with Gasteiger partial charge in [-0.25, -0.2) is 0 Å². The summed E-state index contributed by atoms with van der Waals surface area (Å²) in [5.41, 5.74) is 0. The molecule has 1 unspecified atom stereocenters. The van der Waals surface area contributed by atoms with E-state index in [1.807, 2.05) is 0 Å². The Kier molecular flexibility index (Phi) is 2.82. The third-order valence-corrected chi connectivity index (χ3v) is 3.40. The third-order valence-electron chi connectivity index (χ3n) is 1.77. The van der Waals surface area contributed by atoms with E-state index in [0.29, 0.717) is 6.42 Å². The predicted octanol–water partition coefficient (Wildman–Crippen LogP) is 0.220. The molecule has 0 radical (unpaired) electrons. The molecule has 0 saturated carbocycles. The second kappa shape index (κ2) is 2.86. The SMILES string of the molecule is CCC(C)(NC)S(=O)(=O)O. The van der Waals surface area contributed by atoms with E-state index in [9.17, 15) is 8.42 Å². The zero-order valence-electron chi connectivity index (χ0n) is 6.38. The van der Waals surface area contributed by atoms with E-state index >= 15 is 0 Å². The molecule has 0 fully saturated rings. The summed E-state index contributed by atoms with van der Waals surface area (Å²) in [5, 5.41) is 2.53. The fourth-order valence-electron chi connectivity index (χ4n) is 0.488. The van der Waals surface area contributed by atoms with E-state index in [1.165, 1.54) is 14.0 Å². The van der Waals surface area contributed by atoms with Crippen LogP contribution in [-0.4, -0.2) is 24.9 Å². The quantitative estimate of drug-likeness (QED) is 0.590. The number of nitrogens with one attached hydrogen (secondary N) is 1. The summed E-state index contributed by atoms with van der Waals surface area (Å²) in [6.07, 6.45) is 0.336. The Labute approximate surface area is 61.4 Å². The lowest BCUT2D eigenvalue weighted by Gasteiger charge is -2.23. The molecule has 0 bridgehead atoms. The van der Waals surface area contributed by atoms with Gasteiger partial charge < -0.3 is 0 Å². The molecule has 2 N–H and O–H groups in total. The van der Waals surface area contributed by atoms with E-state index in [2.05, 4.69) is 5.32 Å². The molecule has 0 aliphatic heterocycles. The van der Waals surface area contributed by atoms with Crippen LogP contribution < -0.4 is 5.32 Å². The van der Waals surface area contributed by atoms with Crippen molar-refractivity contribution >= 4 is 10.1 Å². The molecular weight excluding hydrogens is 154 g/mol. The monoisotopic (exact) mass is 167 g/mol. The highest BCUT2D eigenvalue weighted by Gasteiger charge is 2.33. The molecular formula is C5H13NO3S. The Morgan fingerprint density at radius 1 is 1.60 bits per heavy atom. The minimum absolute atomic E-state index is 0.336. The van der Waals surface area contributed by atoms with Crippen LogP contribution in [0.15, 0.2) is 0 Å². The van der Waals surface area contributed by atoms with Gasteiger partial charge in [-0.05, 0) is 20.4 Å². The van der Waals surface area contributed by atoms with Crippen LogP contribution in [0, 0.1) is 0 Å². The van der Waals surface area contributed by atoms with Gasteiger partial charge in [0.05, 0.1) is 0 Å². The summed E-state index contributed by atoms with van der Waals surface area (Å²) in [5.74, 6) is 0. The molecule has 1 atom stereocenters. The minimum Gasteiger partial charge on any atom is -0.300 e. The highest BCUT2D eigenvalue weighted by Crippen LogP contribution is 2.14. The summed E-state index contributed by atoms with van der Waals surface area (Å²) in [6.45, 7) is 3.12. The molecule has 0 saturated heterocycles. The fourth-order valence-corrected chi connectivity index (χ4v) is 1.11. The molecule has 0 heterocycles. The molecule has 62 valence electrons. The fraction of sp³-hybridized carbons (Fsp3) is 1.00. The van der Waals surface area contributed by atoms with E-state index in [0.717, 1.165) is 0 Å². The average Bonchev–Trinajstić information content (AvgIpc) is 1.84. The predicted molar refractivity (Wildman–Crippen MR) is 39.3 cm³/mol. The van der Waals surface area contributed by atoms with Crippen LogP contribution in [0.4, 0.5) is 0 Å². The molecule has 10 heavy (non-hydrogen) atoms. The van der Waals surface area contributed by atoms with Crippen LogP contribution in [0.2, 0.25) is 0 Å². The van der Waals surface area contributed by atoms with Crippen molar-refractivity contribution in [3.63, 3.8) is 0 Å². The normalized spacial score (nSPS) is 18.4. The van der Waals surface area contributed by atoms with Gasteiger partial charge in [0.1, 0.15) is 4.87 Å². The average molecular weight is 167 g/mol. The molecule has 0 rings (SSSR count). The van der Waals surface area contributed by atoms with Crippen LogP contribution in [0.1, 0.15) is 20.3 Å². The van der Waals surface area contributed by atoms with Crippen molar-refractivity contribution in [2.45, 2.75) is 25.1 Å². The molecule has 0 aliphatic carbocycles. The maximum Gasteiger partial charge on any atom is 0.283 e. The lowest BCUT2D eigenvalue weighted by atomic mass is 10.2. The summed E-state index contributed by atoms with van der Waals surface area (Å²) in [4.78, 5) is -1.20. The Morgan fingerprint density at radius 2 is 2.00 bits per heavy atom. The van der Waals surface area contributed by atoms with Crippen LogP contribution in [0.25, 0.3) is 0 Å². The van der Waals surface area contributed by atoms with Gasteiger partial charge in [0.2, 0.25) is 0 Å². The Hall–Kier alpha value is -0.130. The van der Waals surface area contributed by atoms with Gasteiger partial charge in [0.25, 0.3) is 10.1 Å². The van der Waals surface area contributed by atoms with Crippen LogP contribution in [-0.2, 0) is 10.1 Å². The second-order valence-electron chi connectivity index (χ2n) is 2.31. The van der Waals surface area contributed by atoms with Gasteiger partial charge in [0.15, 0.2) is 0 Å². The lowest BCUT2D eigenvalue weighted by Crippen LogP contribution is -2.46. The first-order valence-corrected chi connectivity index (χ1v) is 4.47. The lowest BCUT2D eigenvalue weighted by molar-refractivity contribution is 0.399. The number of hydrogen-bond acceptors (Lipinski definition) is 3. The van der Waals surface area contributed by atoms with Crippen molar-refractivity contribution in [1.82, 2.24) is 5.32 Å². The topological polar surface area (TPSA) is 66.4 Å². The van der Waals surface area contributed by atoms with E-state index in [1.54, 1.807) is 6.92 Å². The van der Waals surface area contributed by atoms with Gasteiger partial charge >= 0.3 is 0 Å². The minimum atomic E-state index is -3.98. The zero-order chi connectivity index (χ0) is 8.41. The van der Waals surface area contributed by atoms with Crippen molar-refractivity contribution in [1.29, 1.82) is 0 Å². The van der Waals surface area contributed by atoms with Crippen molar-refractivity contribution in [2.75, 3.05) is 7.05 Å². The van der Waals surface area contributed by atoms with Gasteiger partial charge in [0, 0.05) is 0 Å². The van der Waals surface area contributed by atoms with Crippen LogP contribution in [0.5, 0.6) is 0 Å². The first kappa shape index (κ1) is 9.87. The second-order valence-corrected chi connectivity index (χ2v) is 4.16. The van der Waals surface area contributed by atoms with Crippen molar-refractivity contribution in [2.24, 2.45) is 0 Å². The standard InChI is InChI=1S/C5H13NO3S/c1-4-5(2,6-3)10(7,8)9/h6H,4H2,1-3H3,(H,7,8,9). The number of rotatable bonds is 3. The van der Waals surface area contributed by atoms with Crippen LogP contribution >= 0.6 is 0 Å². The van der Waals surface area contributed by atoms with Crippen molar-refractivity contribution in [3.05, 3.63) is 0 Å². The van der Waals surface area contributed by atoms with Crippen molar-refractivity contribution < 1.29 is 13.0 Å². The van der Waals surface area contributed by atoms with E-state index in [-0.39, 0.29) is 0 Å². The highest BCUT2D eigenvalue weighted by molar-refractivity contribution is 7.87. The molecule has 0 aromatic heterocycles. The molecule has 0 aliphatic rings. The molecule has 0 aromatic rings. The zero-order valence-corrected chi connectivity index (χ0v) is 7.20. The highest BCUT2D eigenvalue weighted by atomic mass is 32.2. The molecule has 5 heteroatoms. The largest absolute Gasteiger partial charge is 0.300 e. The van der Waals surface area contributed by atoms with Gasteiger partial charge in [-0.15, -0.1) is 0 Å². The first-order chi connectivity index (χ1) is 4.37. The maximum atomic E-state index is 10.6. The van der Waals surface area contributed by atoms with E-state index < -0.39 is 15.0 Å². The first-order valence-electron chi connectivity index (χ1n) is 3.03. The third kappa shape index (κ3) is 1.68. The Balaban J connectivity index is 4.68. The smallest absolute Gasteiger partial charge is 0.283 e. The van der Waals surface area contributed by atoms with Gasteiger partial charge in [-0.3, -0.25) is 9.87 Å². The van der Waals surface area contributed by atoms with Gasteiger partial charge in [-0.2, -0.15) is 8.42 Å². The maximum absolute atomic E-state index is 10.6. The summed E-state index contributed by atoms with van der Waals surface area (Å²) < 4.78 is 29.9. The van der Waals surface area contributed by atoms with Gasteiger partial charge in [-0.1, -0.05) is 6.92 Å². The molecule has 0 spiro atoms. The summed E-state index contributed by atoms with van der Waals surface area (Å²) in [7, 11) is -2.48.